The van der Waals surface area contributed by atoms with Gasteiger partial charge in [-0.1, -0.05) is 12.1 Å². The summed E-state index contributed by atoms with van der Waals surface area (Å²) in [5.74, 6) is 0.911. The minimum absolute atomic E-state index is 0.0376. The van der Waals surface area contributed by atoms with Gasteiger partial charge < -0.3 is 9.47 Å². The molecule has 0 radical (unpaired) electrons. The summed E-state index contributed by atoms with van der Waals surface area (Å²) >= 11 is 1.27. The van der Waals surface area contributed by atoms with E-state index in [2.05, 4.69) is 10.3 Å². The maximum Gasteiger partial charge on any atom is 0.270 e. The third-order valence-corrected chi connectivity index (χ3v) is 4.68. The minimum atomic E-state index is -0.485. The number of nitro benzene ring substituents is 1. The number of non-ortho nitro benzene ring substituents is 1. The van der Waals surface area contributed by atoms with Gasteiger partial charge >= 0.3 is 0 Å². The molecule has 0 bridgehead atoms. The Hall–Kier alpha value is -3.72. The van der Waals surface area contributed by atoms with Gasteiger partial charge in [-0.05, 0) is 29.8 Å². The van der Waals surface area contributed by atoms with Crippen LogP contribution >= 0.6 is 11.3 Å². The van der Waals surface area contributed by atoms with E-state index in [1.54, 1.807) is 43.9 Å². The van der Waals surface area contributed by atoms with Gasteiger partial charge in [0.25, 0.3) is 5.69 Å². The zero-order valence-corrected chi connectivity index (χ0v) is 16.4. The number of hydrogen-bond acceptors (Lipinski definition) is 7. The highest BCUT2D eigenvalue weighted by atomic mass is 32.1. The Morgan fingerprint density at radius 2 is 2.03 bits per heavy atom. The summed E-state index contributed by atoms with van der Waals surface area (Å²) in [6, 6.07) is 11.4. The number of anilines is 1. The van der Waals surface area contributed by atoms with Crippen LogP contribution in [0.1, 0.15) is 5.56 Å². The van der Waals surface area contributed by atoms with Crippen LogP contribution < -0.4 is 14.8 Å². The zero-order valence-electron chi connectivity index (χ0n) is 15.6. The Morgan fingerprint density at radius 3 is 2.76 bits per heavy atom. The fourth-order valence-corrected chi connectivity index (χ4v) is 3.24. The van der Waals surface area contributed by atoms with Crippen molar-refractivity contribution < 1.29 is 19.2 Å². The maximum absolute atomic E-state index is 12.2. The van der Waals surface area contributed by atoms with Crippen molar-refractivity contribution in [2.24, 2.45) is 0 Å². The number of ether oxygens (including phenoxy) is 2. The number of carbonyl (C=O) groups excluding carboxylic acids is 1. The molecule has 1 N–H and O–H groups in total. The lowest BCUT2D eigenvalue weighted by Gasteiger charge is -2.08. The average Bonchev–Trinajstić information content (AvgIpc) is 3.20. The van der Waals surface area contributed by atoms with E-state index in [4.69, 9.17) is 9.47 Å². The number of carbonyl (C=O) groups is 1. The van der Waals surface area contributed by atoms with E-state index in [9.17, 15) is 14.9 Å². The van der Waals surface area contributed by atoms with Crippen LogP contribution in [0, 0.1) is 10.1 Å². The highest BCUT2D eigenvalue weighted by Gasteiger charge is 2.12. The molecule has 0 aliphatic heterocycles. The van der Waals surface area contributed by atoms with Gasteiger partial charge in [0.05, 0.1) is 24.8 Å². The standard InChI is InChI=1S/C20H17N3O5S/c1-27-15-7-8-18(28-2)16(11-15)17-12-29-20(21-17)22-19(24)9-6-13-4-3-5-14(10-13)23(25)26/h3-12H,1-2H3,(H,21,22,24)/b9-6+. The largest absolute Gasteiger partial charge is 0.497 e. The second kappa shape index (κ2) is 8.98. The van der Waals surface area contributed by atoms with E-state index in [0.29, 0.717) is 27.9 Å². The summed E-state index contributed by atoms with van der Waals surface area (Å²) in [7, 11) is 3.14. The molecule has 1 heterocycles. The molecule has 0 saturated heterocycles. The second-order valence-electron chi connectivity index (χ2n) is 5.78. The van der Waals surface area contributed by atoms with Crippen molar-refractivity contribution in [3.05, 3.63) is 69.6 Å². The van der Waals surface area contributed by atoms with Gasteiger partial charge in [0.1, 0.15) is 11.5 Å². The second-order valence-corrected chi connectivity index (χ2v) is 6.64. The first kappa shape index (κ1) is 20.0. The van der Waals surface area contributed by atoms with Crippen molar-refractivity contribution in [1.29, 1.82) is 0 Å². The lowest BCUT2D eigenvalue weighted by atomic mass is 10.1. The topological polar surface area (TPSA) is 104 Å². The van der Waals surface area contributed by atoms with Gasteiger partial charge in [-0.2, -0.15) is 0 Å². The van der Waals surface area contributed by atoms with Crippen LogP contribution in [-0.2, 0) is 4.79 Å². The summed E-state index contributed by atoms with van der Waals surface area (Å²) in [6.07, 6.45) is 2.80. The summed E-state index contributed by atoms with van der Waals surface area (Å²) in [4.78, 5) is 26.9. The number of amides is 1. The summed E-state index contributed by atoms with van der Waals surface area (Å²) in [5, 5.41) is 15.7. The molecule has 2 aromatic carbocycles. The lowest BCUT2D eigenvalue weighted by Crippen LogP contribution is -2.07. The van der Waals surface area contributed by atoms with Gasteiger partial charge in [-0.25, -0.2) is 4.98 Å². The molecule has 0 fully saturated rings. The predicted molar refractivity (Wildman–Crippen MR) is 111 cm³/mol. The van der Waals surface area contributed by atoms with E-state index >= 15 is 0 Å². The van der Waals surface area contributed by atoms with Gasteiger partial charge in [0.15, 0.2) is 5.13 Å². The highest BCUT2D eigenvalue weighted by molar-refractivity contribution is 7.14. The van der Waals surface area contributed by atoms with E-state index in [1.807, 2.05) is 6.07 Å². The molecule has 0 unspecified atom stereocenters. The Labute approximate surface area is 170 Å². The molecule has 0 aliphatic carbocycles. The molecule has 1 amide bonds. The molecule has 0 saturated carbocycles. The molecule has 1 aromatic heterocycles. The van der Waals surface area contributed by atoms with Crippen LogP contribution in [0.3, 0.4) is 0 Å². The Kier molecular flexibility index (Phi) is 6.20. The smallest absolute Gasteiger partial charge is 0.270 e. The quantitative estimate of drug-likeness (QED) is 0.351. The van der Waals surface area contributed by atoms with E-state index in [-0.39, 0.29) is 5.69 Å². The molecule has 29 heavy (non-hydrogen) atoms. The molecule has 3 rings (SSSR count). The predicted octanol–water partition coefficient (Wildman–Crippen LogP) is 4.39. The zero-order chi connectivity index (χ0) is 20.8. The molecule has 8 nitrogen and oxygen atoms in total. The number of nitro groups is 1. The number of aromatic nitrogens is 1. The average molecular weight is 411 g/mol. The number of thiazole rings is 1. The van der Waals surface area contributed by atoms with Crippen LogP contribution in [0.4, 0.5) is 10.8 Å². The first-order valence-corrected chi connectivity index (χ1v) is 9.29. The Balaban J connectivity index is 1.73. The Bertz CT molecular complexity index is 1080. The minimum Gasteiger partial charge on any atom is -0.497 e. The molecular formula is C20H17N3O5S. The first-order valence-electron chi connectivity index (χ1n) is 8.41. The number of rotatable bonds is 7. The van der Waals surface area contributed by atoms with Crippen molar-refractivity contribution in [3.8, 4) is 22.8 Å². The van der Waals surface area contributed by atoms with Crippen molar-refractivity contribution in [2.45, 2.75) is 0 Å². The highest BCUT2D eigenvalue weighted by Crippen LogP contribution is 2.35. The monoisotopic (exact) mass is 411 g/mol. The van der Waals surface area contributed by atoms with Crippen LogP contribution in [-0.4, -0.2) is 30.0 Å². The normalized spacial score (nSPS) is 10.7. The summed E-state index contributed by atoms with van der Waals surface area (Å²) in [6.45, 7) is 0. The van der Waals surface area contributed by atoms with Gasteiger partial charge in [-0.3, -0.25) is 20.2 Å². The van der Waals surface area contributed by atoms with Crippen molar-refractivity contribution in [3.63, 3.8) is 0 Å². The van der Waals surface area contributed by atoms with Gasteiger partial charge in [0.2, 0.25) is 5.91 Å². The Morgan fingerprint density at radius 1 is 1.21 bits per heavy atom. The van der Waals surface area contributed by atoms with Crippen LogP contribution in [0.5, 0.6) is 11.5 Å². The number of hydrogen-bond donors (Lipinski definition) is 1. The molecule has 0 spiro atoms. The summed E-state index contributed by atoms with van der Waals surface area (Å²) < 4.78 is 10.6. The van der Waals surface area contributed by atoms with Gasteiger partial charge in [-0.15, -0.1) is 11.3 Å². The van der Waals surface area contributed by atoms with Crippen LogP contribution in [0.2, 0.25) is 0 Å². The lowest BCUT2D eigenvalue weighted by molar-refractivity contribution is -0.384. The van der Waals surface area contributed by atoms with Crippen LogP contribution in [0.15, 0.2) is 53.9 Å². The van der Waals surface area contributed by atoms with Gasteiger partial charge in [0, 0.05) is 29.2 Å². The number of methoxy groups -OCH3 is 2. The number of benzene rings is 2. The molecule has 0 aliphatic rings. The fourth-order valence-electron chi connectivity index (χ4n) is 2.53. The first-order chi connectivity index (χ1) is 14.0. The van der Waals surface area contributed by atoms with Crippen LogP contribution in [0.25, 0.3) is 17.3 Å². The maximum atomic E-state index is 12.2. The molecule has 148 valence electrons. The molecular weight excluding hydrogens is 394 g/mol. The summed E-state index contributed by atoms with van der Waals surface area (Å²) in [5.41, 5.74) is 1.90. The molecule has 9 heteroatoms. The van der Waals surface area contributed by atoms with Crippen molar-refractivity contribution >= 4 is 34.1 Å². The SMILES string of the molecule is COc1ccc(OC)c(-c2csc(NC(=O)/C=C/c3cccc([N+](=O)[O-])c3)n2)c1. The third-order valence-electron chi connectivity index (χ3n) is 3.93. The van der Waals surface area contributed by atoms with Crippen molar-refractivity contribution in [1.82, 2.24) is 4.98 Å². The van der Waals surface area contributed by atoms with E-state index in [1.165, 1.54) is 35.6 Å². The van der Waals surface area contributed by atoms with Crippen molar-refractivity contribution in [2.75, 3.05) is 19.5 Å². The molecule has 0 atom stereocenters. The fraction of sp³-hybridized carbons (Fsp3) is 0.100. The number of nitrogens with one attached hydrogen (secondary N) is 1. The number of nitrogens with zero attached hydrogens (tertiary/aromatic N) is 2. The molecule has 3 aromatic rings. The third kappa shape index (κ3) is 4.96. The van der Waals surface area contributed by atoms with E-state index < -0.39 is 10.8 Å². The van der Waals surface area contributed by atoms with E-state index in [0.717, 1.165) is 5.56 Å².